The number of rotatable bonds is 7. The molecule has 1 aromatic carbocycles. The third kappa shape index (κ3) is 4.69. The zero-order valence-corrected chi connectivity index (χ0v) is 26.9. The van der Waals surface area contributed by atoms with Crippen LogP contribution >= 0.6 is 40.1 Å². The Morgan fingerprint density at radius 3 is 2.19 bits per heavy atom. The van der Waals surface area contributed by atoms with E-state index >= 15 is 0 Å². The molecule has 4 saturated heterocycles. The van der Waals surface area contributed by atoms with E-state index in [0.717, 1.165) is 4.90 Å². The molecule has 4 heterocycles. The summed E-state index contributed by atoms with van der Waals surface area (Å²) in [6, 6.07) is 4.38. The van der Waals surface area contributed by atoms with Gasteiger partial charge >= 0.3 is 11.9 Å². The third-order valence-corrected chi connectivity index (χ3v) is 13.7. The number of hydrogen-bond acceptors (Lipinski definition) is 11. The second-order valence-electron chi connectivity index (χ2n) is 11.3. The second-order valence-corrected chi connectivity index (χ2v) is 16.7. The van der Waals surface area contributed by atoms with E-state index in [9.17, 15) is 32.4 Å². The summed E-state index contributed by atoms with van der Waals surface area (Å²) in [5.41, 5.74) is 6.64. The molecule has 1 aromatic rings. The first kappa shape index (κ1) is 32.5. The number of sulfone groups is 1. The number of nitrogens with one attached hydrogen (secondary N) is 1. The van der Waals surface area contributed by atoms with Gasteiger partial charge in [-0.2, -0.15) is 0 Å². The van der Waals surface area contributed by atoms with Gasteiger partial charge in [0.05, 0.1) is 0 Å². The first-order chi connectivity index (χ1) is 19.0. The Labute approximate surface area is 261 Å². The number of thioether (sulfide) groups is 1. The van der Waals surface area contributed by atoms with Crippen LogP contribution in [0.4, 0.5) is 0 Å². The van der Waals surface area contributed by atoms with Gasteiger partial charge in [0.25, 0.3) is 0 Å². The van der Waals surface area contributed by atoms with Crippen molar-refractivity contribution in [2.24, 2.45) is 5.73 Å². The number of carbonyl (C=O) groups excluding carboxylic acids is 5. The summed E-state index contributed by atoms with van der Waals surface area (Å²) in [6.07, 6.45) is 0. The van der Waals surface area contributed by atoms with Gasteiger partial charge in [0.2, 0.25) is 24.5 Å². The first-order valence-electron chi connectivity index (χ1n) is 12.7. The van der Waals surface area contributed by atoms with Crippen LogP contribution in [0.2, 0.25) is 0 Å². The van der Waals surface area contributed by atoms with Crippen LogP contribution in [0.5, 0.6) is 0 Å². The van der Waals surface area contributed by atoms with Gasteiger partial charge in [0.15, 0.2) is 15.2 Å². The lowest BCUT2D eigenvalue weighted by Gasteiger charge is -2.44. The van der Waals surface area contributed by atoms with Gasteiger partial charge in [-0.05, 0) is 33.3 Å². The van der Waals surface area contributed by atoms with E-state index in [-0.39, 0.29) is 12.4 Å². The number of carbonyl (C=O) groups is 5. The van der Waals surface area contributed by atoms with Gasteiger partial charge in [-0.15, -0.1) is 24.2 Å². The zero-order chi connectivity index (χ0) is 30.2. The lowest BCUT2D eigenvalue weighted by Crippen LogP contribution is -2.71. The number of nitrogens with zero attached hydrogens (tertiary/aromatic N) is 2. The van der Waals surface area contributed by atoms with Crippen molar-refractivity contribution < 1.29 is 41.9 Å². The van der Waals surface area contributed by atoms with Crippen molar-refractivity contribution in [3.63, 3.8) is 0 Å². The number of alkyl halides is 1. The molecular formula is C25H30BrClN4O9S2. The van der Waals surface area contributed by atoms with Gasteiger partial charge in [0, 0.05) is 4.75 Å². The van der Waals surface area contributed by atoms with E-state index in [2.05, 4.69) is 21.2 Å². The number of β-lactam (4-membered cyclic amide) rings is 2. The Morgan fingerprint density at radius 2 is 1.60 bits per heavy atom. The fourth-order valence-electron chi connectivity index (χ4n) is 5.71. The third-order valence-electron chi connectivity index (χ3n) is 8.03. The highest BCUT2D eigenvalue weighted by molar-refractivity contribution is 9.10. The fourth-order valence-corrected chi connectivity index (χ4v) is 10.8. The molecule has 0 radical (unpaired) electrons. The minimum Gasteiger partial charge on any atom is -0.426 e. The van der Waals surface area contributed by atoms with Crippen molar-refractivity contribution in [3.8, 4) is 0 Å². The quantitative estimate of drug-likeness (QED) is 0.171. The number of nitrogens with two attached hydrogens (primary N) is 1. The van der Waals surface area contributed by atoms with Crippen LogP contribution in [0, 0.1) is 0 Å². The van der Waals surface area contributed by atoms with Crippen molar-refractivity contribution in [1.82, 2.24) is 15.1 Å². The molecule has 0 saturated carbocycles. The highest BCUT2D eigenvalue weighted by Crippen LogP contribution is 2.51. The van der Waals surface area contributed by atoms with Crippen LogP contribution in [-0.2, 0) is 43.3 Å². The summed E-state index contributed by atoms with van der Waals surface area (Å²) in [5.74, 6) is -3.44. The Hall–Kier alpha value is -2.40. The number of benzene rings is 1. The molecule has 3 N–H and O–H groups in total. The van der Waals surface area contributed by atoms with Gasteiger partial charge in [-0.25, -0.2) is 18.0 Å². The van der Waals surface area contributed by atoms with E-state index in [1.165, 1.54) is 30.5 Å². The first-order valence-corrected chi connectivity index (χ1v) is 16.0. The second kappa shape index (κ2) is 10.9. The number of amides is 3. The SMILES string of the molecule is CC1(C)S[C@@H]2C(NC(=O)C(N)c3ccccc3)C(=O)N2[C@H]1C(=O)OCOC(=O)[C@@H]1N2C(=O)[C@H](Br)[C@H]2S(=O)(=O)C1(C)C.Cl. The predicted octanol–water partition coefficient (Wildman–Crippen LogP) is 0.207. The highest BCUT2D eigenvalue weighted by Gasteiger charge is 2.72. The predicted molar refractivity (Wildman–Crippen MR) is 156 cm³/mol. The molecular weight excluding hydrogens is 680 g/mol. The van der Waals surface area contributed by atoms with E-state index in [0.29, 0.717) is 5.56 Å². The molecule has 0 spiro atoms. The van der Waals surface area contributed by atoms with Crippen molar-refractivity contribution in [3.05, 3.63) is 35.9 Å². The normalized spacial score (nSPS) is 31.9. The van der Waals surface area contributed by atoms with Gasteiger partial charge in [0.1, 0.15) is 39.1 Å². The molecule has 3 amide bonds. The Bertz CT molecular complexity index is 1440. The average Bonchev–Trinajstić information content (AvgIpc) is 3.26. The Morgan fingerprint density at radius 1 is 1.02 bits per heavy atom. The average molecular weight is 710 g/mol. The van der Waals surface area contributed by atoms with Crippen molar-refractivity contribution in [2.75, 3.05) is 6.79 Å². The lowest BCUT2D eigenvalue weighted by atomic mass is 9.95. The molecule has 0 aromatic heterocycles. The molecule has 0 bridgehead atoms. The smallest absolute Gasteiger partial charge is 0.333 e. The summed E-state index contributed by atoms with van der Waals surface area (Å²) in [5, 5.41) is 0.945. The molecule has 17 heteroatoms. The van der Waals surface area contributed by atoms with Crippen molar-refractivity contribution in [1.29, 1.82) is 0 Å². The summed E-state index contributed by atoms with van der Waals surface area (Å²) < 4.78 is 33.6. The van der Waals surface area contributed by atoms with Gasteiger partial charge in [-0.1, -0.05) is 46.3 Å². The largest absolute Gasteiger partial charge is 0.426 e. The van der Waals surface area contributed by atoms with E-state index in [4.69, 9.17) is 15.2 Å². The summed E-state index contributed by atoms with van der Waals surface area (Å²) in [6.45, 7) is 5.32. The summed E-state index contributed by atoms with van der Waals surface area (Å²) >= 11 is 4.37. The minimum absolute atomic E-state index is 0. The molecule has 2 unspecified atom stereocenters. The number of esters is 2. The molecule has 4 aliphatic heterocycles. The Balaban J connectivity index is 0.00000405. The van der Waals surface area contributed by atoms with Crippen LogP contribution in [0.25, 0.3) is 0 Å². The molecule has 13 nitrogen and oxygen atoms in total. The number of ether oxygens (including phenoxy) is 2. The molecule has 0 aliphatic carbocycles. The van der Waals surface area contributed by atoms with Crippen LogP contribution < -0.4 is 11.1 Å². The number of fused-ring (bicyclic) bond motifs is 2. The zero-order valence-electron chi connectivity index (χ0n) is 22.9. The van der Waals surface area contributed by atoms with Gasteiger partial charge in [-0.3, -0.25) is 14.4 Å². The maximum absolute atomic E-state index is 13.1. The van der Waals surface area contributed by atoms with Crippen LogP contribution in [0.1, 0.15) is 39.3 Å². The summed E-state index contributed by atoms with van der Waals surface area (Å²) in [4.78, 5) is 65.4. The molecule has 4 fully saturated rings. The van der Waals surface area contributed by atoms with Crippen LogP contribution in [-0.4, -0.2) is 97.9 Å². The fraction of sp³-hybridized carbons (Fsp3) is 0.560. The van der Waals surface area contributed by atoms with Crippen molar-refractivity contribution in [2.45, 2.75) is 76.9 Å². The standard InChI is InChI=1S/C25H29BrN4O9S2.ClH/c1-24(2)15(29-19(33)14(20(29)40-24)28-17(31)13(27)11-8-6-5-7-9-11)22(34)38-10-39-23(35)16-25(3,4)41(36,37)21-12(26)18(32)30(16)21;/h5-9,12-16,20-21H,10,27H2,1-4H3,(H,28,31);1H/t12-,13?,14?,15-,16-,20+,21+;/m0./s1. The molecule has 230 valence electrons. The molecule has 42 heavy (non-hydrogen) atoms. The highest BCUT2D eigenvalue weighted by atomic mass is 79.9. The van der Waals surface area contributed by atoms with Crippen molar-refractivity contribution >= 4 is 79.6 Å². The Kier molecular flexibility index (Phi) is 8.48. The monoisotopic (exact) mass is 708 g/mol. The molecule has 5 rings (SSSR count). The lowest BCUT2D eigenvalue weighted by molar-refractivity contribution is -0.181. The number of hydrogen-bond donors (Lipinski definition) is 2. The topological polar surface area (TPSA) is 182 Å². The minimum atomic E-state index is -3.89. The molecule has 4 aliphatic rings. The van der Waals surface area contributed by atoms with E-state index < -0.39 is 95.5 Å². The maximum Gasteiger partial charge on any atom is 0.333 e. The van der Waals surface area contributed by atoms with Crippen LogP contribution in [0.15, 0.2) is 30.3 Å². The maximum atomic E-state index is 13.1. The van der Waals surface area contributed by atoms with Crippen LogP contribution in [0.3, 0.4) is 0 Å². The molecule has 7 atom stereocenters. The van der Waals surface area contributed by atoms with E-state index in [1.54, 1.807) is 44.2 Å². The van der Waals surface area contributed by atoms with Gasteiger partial charge < -0.3 is 30.3 Å². The summed E-state index contributed by atoms with van der Waals surface area (Å²) in [7, 11) is -3.89. The van der Waals surface area contributed by atoms with E-state index in [1.807, 2.05) is 0 Å². The number of halogens is 2.